The van der Waals surface area contributed by atoms with Crippen LogP contribution in [-0.2, 0) is 11.3 Å². The second kappa shape index (κ2) is 7.33. The van der Waals surface area contributed by atoms with Crippen molar-refractivity contribution in [1.82, 2.24) is 4.90 Å². The van der Waals surface area contributed by atoms with Crippen molar-refractivity contribution in [2.75, 3.05) is 13.1 Å². The average molecular weight is 332 g/mol. The van der Waals surface area contributed by atoms with E-state index < -0.39 is 5.97 Å². The topological polar surface area (TPSA) is 40.5 Å². The van der Waals surface area contributed by atoms with E-state index in [4.69, 9.17) is 11.6 Å². The van der Waals surface area contributed by atoms with Crippen LogP contribution in [0.25, 0.3) is 0 Å². The Morgan fingerprint density at radius 3 is 2.74 bits per heavy atom. The lowest BCUT2D eigenvalue weighted by Crippen LogP contribution is -2.45. The van der Waals surface area contributed by atoms with Gasteiger partial charge in [0.05, 0.1) is 5.92 Å². The van der Waals surface area contributed by atoms with E-state index in [1.165, 1.54) is 5.56 Å². The van der Waals surface area contributed by atoms with Gasteiger partial charge in [-0.05, 0) is 42.9 Å². The van der Waals surface area contributed by atoms with Gasteiger partial charge >= 0.3 is 5.97 Å². The Morgan fingerprint density at radius 1 is 1.30 bits per heavy atom. The molecule has 0 spiro atoms. The highest BCUT2D eigenvalue weighted by Gasteiger charge is 2.37. The molecule has 1 aromatic carbocycles. The highest BCUT2D eigenvalue weighted by Crippen LogP contribution is 2.35. The fraction of sp³-hybridized carbons (Fsp3) is 0.421. The highest BCUT2D eigenvalue weighted by atomic mass is 35.5. The molecule has 1 unspecified atom stereocenters. The summed E-state index contributed by atoms with van der Waals surface area (Å²) in [6.45, 7) is 2.55. The molecule has 3 nitrogen and oxygen atoms in total. The molecule has 3 atom stereocenters. The van der Waals surface area contributed by atoms with Gasteiger partial charge in [0, 0.05) is 18.1 Å². The predicted molar refractivity (Wildman–Crippen MR) is 92.1 cm³/mol. The lowest BCUT2D eigenvalue weighted by molar-refractivity contribution is -0.146. The number of carboxylic acids is 1. The maximum Gasteiger partial charge on any atom is 0.306 e. The van der Waals surface area contributed by atoms with Crippen LogP contribution < -0.4 is 0 Å². The Kier molecular flexibility index (Phi) is 5.19. The number of hydrogen-bond acceptors (Lipinski definition) is 2. The molecule has 0 saturated carbocycles. The van der Waals surface area contributed by atoms with Gasteiger partial charge in [0.1, 0.15) is 0 Å². The zero-order valence-corrected chi connectivity index (χ0v) is 13.8. The second-order valence-electron chi connectivity index (χ2n) is 6.47. The van der Waals surface area contributed by atoms with Crippen molar-refractivity contribution in [3.05, 3.63) is 59.2 Å². The first kappa shape index (κ1) is 16.3. The number of nitrogens with zero attached hydrogens (tertiary/aromatic N) is 1. The Labute approximate surface area is 142 Å². The maximum absolute atomic E-state index is 11.7. The van der Waals surface area contributed by atoms with Gasteiger partial charge in [-0.1, -0.05) is 54.1 Å². The van der Waals surface area contributed by atoms with Crippen LogP contribution in [0, 0.1) is 17.8 Å². The number of rotatable bonds is 4. The fourth-order valence-corrected chi connectivity index (χ4v) is 3.87. The second-order valence-corrected chi connectivity index (χ2v) is 6.90. The number of benzene rings is 1. The summed E-state index contributed by atoms with van der Waals surface area (Å²) in [7, 11) is 0. The third-order valence-corrected chi connectivity index (χ3v) is 5.23. The molecule has 1 aliphatic carbocycles. The van der Waals surface area contributed by atoms with E-state index in [0.29, 0.717) is 6.42 Å². The molecule has 4 heteroatoms. The number of hydrogen-bond donors (Lipinski definition) is 1. The Morgan fingerprint density at radius 2 is 2.09 bits per heavy atom. The maximum atomic E-state index is 11.7. The molecule has 3 rings (SSSR count). The predicted octanol–water partition coefficient (Wildman–Crippen LogP) is 3.91. The molecule has 1 fully saturated rings. The number of likely N-dealkylation sites (tertiary alicyclic amines) is 1. The third kappa shape index (κ3) is 4.04. The summed E-state index contributed by atoms with van der Waals surface area (Å²) >= 11 is 6.00. The molecule has 0 aromatic heterocycles. The lowest BCUT2D eigenvalue weighted by atomic mass is 9.74. The van der Waals surface area contributed by atoms with Crippen molar-refractivity contribution >= 4 is 17.6 Å². The largest absolute Gasteiger partial charge is 0.481 e. The molecule has 1 saturated heterocycles. The minimum Gasteiger partial charge on any atom is -0.481 e. The van der Waals surface area contributed by atoms with Gasteiger partial charge in [0.2, 0.25) is 0 Å². The summed E-state index contributed by atoms with van der Waals surface area (Å²) in [4.78, 5) is 14.0. The van der Waals surface area contributed by atoms with Crippen LogP contribution in [0.5, 0.6) is 0 Å². The van der Waals surface area contributed by atoms with Crippen LogP contribution in [0.1, 0.15) is 18.4 Å². The Balaban J connectivity index is 1.71. The van der Waals surface area contributed by atoms with Gasteiger partial charge in [-0.2, -0.15) is 0 Å². The minimum atomic E-state index is -0.664. The van der Waals surface area contributed by atoms with E-state index in [2.05, 4.69) is 23.1 Å². The summed E-state index contributed by atoms with van der Waals surface area (Å²) in [5, 5.41) is 10.3. The van der Waals surface area contributed by atoms with E-state index in [-0.39, 0.29) is 17.8 Å². The van der Waals surface area contributed by atoms with Crippen LogP contribution in [-0.4, -0.2) is 29.1 Å². The van der Waals surface area contributed by atoms with Crippen molar-refractivity contribution in [2.24, 2.45) is 17.8 Å². The van der Waals surface area contributed by atoms with E-state index in [0.717, 1.165) is 31.1 Å². The molecule has 0 bridgehead atoms. The van der Waals surface area contributed by atoms with Gasteiger partial charge in [-0.3, -0.25) is 9.69 Å². The zero-order valence-electron chi connectivity index (χ0n) is 13.1. The van der Waals surface area contributed by atoms with E-state index in [1.807, 2.05) is 30.4 Å². The number of aliphatic carboxylic acids is 1. The Hall–Kier alpha value is -1.58. The first-order chi connectivity index (χ1) is 11.1. The van der Waals surface area contributed by atoms with Crippen LogP contribution in [0.2, 0.25) is 0 Å². The number of carboxylic acid groups (broad SMARTS) is 1. The van der Waals surface area contributed by atoms with Crippen LogP contribution in [0.15, 0.2) is 53.6 Å². The Bertz CT molecular complexity index is 611. The summed E-state index contributed by atoms with van der Waals surface area (Å²) in [5.41, 5.74) is 1.28. The van der Waals surface area contributed by atoms with Gasteiger partial charge in [0.25, 0.3) is 0 Å². The lowest BCUT2D eigenvalue weighted by Gasteiger charge is -2.40. The minimum absolute atomic E-state index is 0.141. The first-order valence-corrected chi connectivity index (χ1v) is 8.54. The van der Waals surface area contributed by atoms with E-state index in [9.17, 15) is 9.90 Å². The first-order valence-electron chi connectivity index (χ1n) is 8.16. The van der Waals surface area contributed by atoms with Gasteiger partial charge in [-0.25, -0.2) is 0 Å². The highest BCUT2D eigenvalue weighted by molar-refractivity contribution is 6.31. The monoisotopic (exact) mass is 331 g/mol. The molecule has 1 aliphatic heterocycles. The smallest absolute Gasteiger partial charge is 0.306 e. The molecule has 0 radical (unpaired) electrons. The van der Waals surface area contributed by atoms with Crippen molar-refractivity contribution in [3.8, 4) is 0 Å². The summed E-state index contributed by atoms with van der Waals surface area (Å²) in [6, 6.07) is 10.4. The molecule has 1 heterocycles. The van der Waals surface area contributed by atoms with E-state index in [1.54, 1.807) is 0 Å². The normalized spacial score (nSPS) is 28.4. The number of halogens is 1. The zero-order chi connectivity index (χ0) is 16.2. The van der Waals surface area contributed by atoms with Crippen molar-refractivity contribution < 1.29 is 9.90 Å². The molecular formula is C19H22ClNO2. The van der Waals surface area contributed by atoms with Gasteiger partial charge in [0.15, 0.2) is 0 Å². The molecule has 1 N–H and O–H groups in total. The fourth-order valence-electron chi connectivity index (χ4n) is 3.71. The molecule has 122 valence electrons. The van der Waals surface area contributed by atoms with Crippen LogP contribution in [0.3, 0.4) is 0 Å². The molecule has 1 aromatic rings. The van der Waals surface area contributed by atoms with Crippen LogP contribution >= 0.6 is 11.6 Å². The molecule has 0 amide bonds. The molecular weight excluding hydrogens is 310 g/mol. The quantitative estimate of drug-likeness (QED) is 0.909. The number of allylic oxidation sites excluding steroid dienone is 4. The third-order valence-electron chi connectivity index (χ3n) is 4.95. The number of piperidine rings is 1. The van der Waals surface area contributed by atoms with Crippen molar-refractivity contribution in [3.63, 3.8) is 0 Å². The van der Waals surface area contributed by atoms with Gasteiger partial charge < -0.3 is 5.11 Å². The standard InChI is InChI=1S/C19H22ClNO2/c20-16-8-6-15(7-9-16)18-13-21(11-10-17(18)19(22)23)12-14-4-2-1-3-5-14/h1-6,8-9,15,17-18H,7,10-13H2,(H,22,23)/t15?,17-,18-/m1/s1. The van der Waals surface area contributed by atoms with Crippen molar-refractivity contribution in [1.29, 1.82) is 0 Å². The summed E-state index contributed by atoms with van der Waals surface area (Å²) in [6.07, 6.45) is 7.55. The van der Waals surface area contributed by atoms with Crippen LogP contribution in [0.4, 0.5) is 0 Å². The average Bonchev–Trinajstić information content (AvgIpc) is 2.56. The van der Waals surface area contributed by atoms with Crippen molar-refractivity contribution in [2.45, 2.75) is 19.4 Å². The summed E-state index contributed by atoms with van der Waals surface area (Å²) < 4.78 is 0. The summed E-state index contributed by atoms with van der Waals surface area (Å²) in [5.74, 6) is -0.523. The molecule has 23 heavy (non-hydrogen) atoms. The SMILES string of the molecule is O=C(O)[C@@H]1CCN(Cc2ccccc2)C[C@@H]1C1C=CC(Cl)=CC1. The van der Waals surface area contributed by atoms with E-state index >= 15 is 0 Å². The molecule has 2 aliphatic rings. The van der Waals surface area contributed by atoms with Gasteiger partial charge in [-0.15, -0.1) is 0 Å². The number of carbonyl (C=O) groups is 1.